The molecule has 21 heavy (non-hydrogen) atoms. The van der Waals surface area contributed by atoms with Crippen molar-refractivity contribution in [3.05, 3.63) is 29.1 Å². The standard InChI is InChI=1S/C18H29FN2/c1-6-8-20-12-14-9-15-13(3)11-18(4,5)21(7-2)17(15)10-16(14)19/h9-10,13,20H,6-8,11-12H2,1-5H3/t13-/m1/s1. The number of hydrogen-bond acceptors (Lipinski definition) is 2. The fourth-order valence-electron chi connectivity index (χ4n) is 3.68. The molecule has 0 radical (unpaired) electrons. The van der Waals surface area contributed by atoms with Crippen LogP contribution in [0.2, 0.25) is 0 Å². The van der Waals surface area contributed by atoms with E-state index in [1.807, 2.05) is 0 Å². The smallest absolute Gasteiger partial charge is 0.129 e. The number of rotatable bonds is 5. The van der Waals surface area contributed by atoms with Crippen molar-refractivity contribution < 1.29 is 4.39 Å². The lowest BCUT2D eigenvalue weighted by Crippen LogP contribution is -2.48. The zero-order chi connectivity index (χ0) is 15.6. The van der Waals surface area contributed by atoms with Gasteiger partial charge in [-0.3, -0.25) is 0 Å². The molecule has 1 aliphatic rings. The number of nitrogens with zero attached hydrogens (tertiary/aromatic N) is 1. The summed E-state index contributed by atoms with van der Waals surface area (Å²) < 4.78 is 14.4. The summed E-state index contributed by atoms with van der Waals surface area (Å²) in [5, 5.41) is 3.30. The zero-order valence-electron chi connectivity index (χ0n) is 14.1. The molecule has 0 saturated carbocycles. The number of anilines is 1. The van der Waals surface area contributed by atoms with E-state index in [1.165, 1.54) is 5.56 Å². The Hall–Kier alpha value is -1.09. The molecular formula is C18H29FN2. The fraction of sp³-hybridized carbons (Fsp3) is 0.667. The van der Waals surface area contributed by atoms with Gasteiger partial charge in [0.2, 0.25) is 0 Å². The third-order valence-corrected chi connectivity index (χ3v) is 4.61. The Bertz CT molecular complexity index is 496. The van der Waals surface area contributed by atoms with Crippen molar-refractivity contribution in [1.82, 2.24) is 5.32 Å². The largest absolute Gasteiger partial charge is 0.366 e. The molecule has 3 heteroatoms. The molecule has 1 aromatic carbocycles. The van der Waals surface area contributed by atoms with Gasteiger partial charge in [-0.05, 0) is 63.8 Å². The van der Waals surface area contributed by atoms with Gasteiger partial charge in [-0.25, -0.2) is 4.39 Å². The van der Waals surface area contributed by atoms with Crippen molar-refractivity contribution in [1.29, 1.82) is 0 Å². The van der Waals surface area contributed by atoms with Crippen LogP contribution in [0.4, 0.5) is 10.1 Å². The van der Waals surface area contributed by atoms with Gasteiger partial charge in [0.15, 0.2) is 0 Å². The Morgan fingerprint density at radius 2 is 2.05 bits per heavy atom. The van der Waals surface area contributed by atoms with Crippen LogP contribution in [-0.4, -0.2) is 18.6 Å². The number of nitrogens with one attached hydrogen (secondary N) is 1. The van der Waals surface area contributed by atoms with Gasteiger partial charge in [-0.2, -0.15) is 0 Å². The molecule has 1 aromatic rings. The summed E-state index contributed by atoms with van der Waals surface area (Å²) in [6, 6.07) is 3.83. The van der Waals surface area contributed by atoms with Gasteiger partial charge >= 0.3 is 0 Å². The minimum absolute atomic E-state index is 0.0827. The van der Waals surface area contributed by atoms with Gasteiger partial charge in [0.05, 0.1) is 0 Å². The van der Waals surface area contributed by atoms with Crippen LogP contribution in [0.25, 0.3) is 0 Å². The van der Waals surface area contributed by atoms with Crippen molar-refractivity contribution in [2.24, 2.45) is 0 Å². The van der Waals surface area contributed by atoms with E-state index in [0.717, 1.165) is 37.2 Å². The van der Waals surface area contributed by atoms with Crippen LogP contribution in [0.1, 0.15) is 64.5 Å². The lowest BCUT2D eigenvalue weighted by Gasteiger charge is -2.47. The van der Waals surface area contributed by atoms with E-state index >= 15 is 0 Å². The second-order valence-electron chi connectivity index (χ2n) is 6.84. The van der Waals surface area contributed by atoms with Gasteiger partial charge < -0.3 is 10.2 Å². The maximum atomic E-state index is 14.4. The van der Waals surface area contributed by atoms with Gasteiger partial charge in [0.25, 0.3) is 0 Å². The summed E-state index contributed by atoms with van der Waals surface area (Å²) in [5.74, 6) is 0.393. The van der Waals surface area contributed by atoms with E-state index in [4.69, 9.17) is 0 Å². The molecular weight excluding hydrogens is 263 g/mol. The summed E-state index contributed by atoms with van der Waals surface area (Å²) in [7, 11) is 0. The number of fused-ring (bicyclic) bond motifs is 1. The zero-order valence-corrected chi connectivity index (χ0v) is 14.1. The molecule has 2 rings (SSSR count). The monoisotopic (exact) mass is 292 g/mol. The minimum atomic E-state index is -0.0827. The predicted molar refractivity (Wildman–Crippen MR) is 88.5 cm³/mol. The van der Waals surface area contributed by atoms with Gasteiger partial charge in [-0.15, -0.1) is 0 Å². The third kappa shape index (κ3) is 3.23. The summed E-state index contributed by atoms with van der Waals surface area (Å²) in [6.07, 6.45) is 2.18. The van der Waals surface area contributed by atoms with Crippen molar-refractivity contribution >= 4 is 5.69 Å². The Kier molecular flexibility index (Phi) is 4.92. The van der Waals surface area contributed by atoms with E-state index in [9.17, 15) is 4.39 Å². The molecule has 1 heterocycles. The van der Waals surface area contributed by atoms with Crippen LogP contribution in [0, 0.1) is 5.82 Å². The molecule has 0 spiro atoms. The van der Waals surface area contributed by atoms with Gasteiger partial charge in [0, 0.05) is 29.9 Å². The summed E-state index contributed by atoms with van der Waals surface area (Å²) in [6.45, 7) is 13.5. The van der Waals surface area contributed by atoms with Crippen LogP contribution in [0.15, 0.2) is 12.1 Å². The lowest BCUT2D eigenvalue weighted by molar-refractivity contribution is 0.380. The van der Waals surface area contributed by atoms with Crippen molar-refractivity contribution in [2.45, 2.75) is 65.5 Å². The van der Waals surface area contributed by atoms with Crippen LogP contribution < -0.4 is 10.2 Å². The van der Waals surface area contributed by atoms with Crippen molar-refractivity contribution in [2.75, 3.05) is 18.0 Å². The van der Waals surface area contributed by atoms with E-state index in [2.05, 4.69) is 50.9 Å². The quantitative estimate of drug-likeness (QED) is 0.807. The molecule has 1 atom stereocenters. The highest BCUT2D eigenvalue weighted by molar-refractivity contribution is 5.61. The van der Waals surface area contributed by atoms with Crippen molar-refractivity contribution in [3.63, 3.8) is 0 Å². The molecule has 0 amide bonds. The molecule has 0 aliphatic carbocycles. The molecule has 0 fully saturated rings. The maximum Gasteiger partial charge on any atom is 0.129 e. The molecule has 0 saturated heterocycles. The first kappa shape index (κ1) is 16.3. The predicted octanol–water partition coefficient (Wildman–Crippen LogP) is 4.44. The van der Waals surface area contributed by atoms with E-state index in [0.29, 0.717) is 12.5 Å². The van der Waals surface area contributed by atoms with Crippen LogP contribution in [0.5, 0.6) is 0 Å². The Morgan fingerprint density at radius 3 is 2.67 bits per heavy atom. The highest BCUT2D eigenvalue weighted by Gasteiger charge is 2.36. The van der Waals surface area contributed by atoms with E-state index in [-0.39, 0.29) is 11.4 Å². The Balaban J connectivity index is 2.37. The lowest BCUT2D eigenvalue weighted by atomic mass is 9.79. The van der Waals surface area contributed by atoms with Crippen LogP contribution in [-0.2, 0) is 6.54 Å². The molecule has 0 bridgehead atoms. The summed E-state index contributed by atoms with van der Waals surface area (Å²) in [5.41, 5.74) is 3.27. The first-order valence-corrected chi connectivity index (χ1v) is 8.21. The highest BCUT2D eigenvalue weighted by Crippen LogP contribution is 2.43. The number of hydrogen-bond donors (Lipinski definition) is 1. The normalized spacial score (nSPS) is 20.5. The number of benzene rings is 1. The minimum Gasteiger partial charge on any atom is -0.366 e. The van der Waals surface area contributed by atoms with Crippen LogP contribution in [0.3, 0.4) is 0 Å². The number of halogens is 1. The maximum absolute atomic E-state index is 14.4. The van der Waals surface area contributed by atoms with E-state index in [1.54, 1.807) is 6.07 Å². The topological polar surface area (TPSA) is 15.3 Å². The molecule has 2 nitrogen and oxygen atoms in total. The molecule has 118 valence electrons. The Morgan fingerprint density at radius 1 is 1.33 bits per heavy atom. The second kappa shape index (κ2) is 6.35. The SMILES string of the molecule is CCCNCc1cc2c(cc1F)N(CC)C(C)(C)C[C@H]2C. The summed E-state index contributed by atoms with van der Waals surface area (Å²) in [4.78, 5) is 2.34. The third-order valence-electron chi connectivity index (χ3n) is 4.61. The first-order valence-electron chi connectivity index (χ1n) is 8.21. The van der Waals surface area contributed by atoms with Gasteiger partial charge in [-0.1, -0.05) is 13.8 Å². The van der Waals surface area contributed by atoms with Crippen LogP contribution >= 0.6 is 0 Å². The molecule has 1 N–H and O–H groups in total. The Labute approximate surface area is 128 Å². The molecule has 0 aromatic heterocycles. The average molecular weight is 292 g/mol. The average Bonchev–Trinajstić information content (AvgIpc) is 2.39. The van der Waals surface area contributed by atoms with E-state index < -0.39 is 0 Å². The second-order valence-corrected chi connectivity index (χ2v) is 6.84. The molecule has 0 unspecified atom stereocenters. The first-order chi connectivity index (χ1) is 9.90. The van der Waals surface area contributed by atoms with Crippen molar-refractivity contribution in [3.8, 4) is 0 Å². The fourth-order valence-corrected chi connectivity index (χ4v) is 3.68. The molecule has 1 aliphatic heterocycles. The highest BCUT2D eigenvalue weighted by atomic mass is 19.1. The van der Waals surface area contributed by atoms with Gasteiger partial charge in [0.1, 0.15) is 5.82 Å². The summed E-state index contributed by atoms with van der Waals surface area (Å²) >= 11 is 0.